The zero-order chi connectivity index (χ0) is 12.1. The van der Waals surface area contributed by atoms with Crippen molar-refractivity contribution in [2.45, 2.75) is 41.2 Å². The van der Waals surface area contributed by atoms with E-state index in [1.807, 2.05) is 0 Å². The average molecular weight is 310 g/mol. The topological polar surface area (TPSA) is 3.01 Å². The molecule has 0 spiro atoms. The Hall–Kier alpha value is 0.0200. The van der Waals surface area contributed by atoms with Crippen LogP contribution < -0.4 is 0 Å². The zero-order valence-electron chi connectivity index (χ0n) is 7.61. The third-order valence-corrected chi connectivity index (χ3v) is 5.18. The Kier molecular flexibility index (Phi) is 1.77. The van der Waals surface area contributed by atoms with Crippen LogP contribution in [-0.4, -0.2) is 39.7 Å². The molecule has 16 heavy (non-hydrogen) atoms. The van der Waals surface area contributed by atoms with E-state index in [0.29, 0.717) is 4.90 Å². The average Bonchev–Trinajstić information content (AvgIpc) is 2.43. The van der Waals surface area contributed by atoms with Crippen LogP contribution in [0.2, 0.25) is 0 Å². The summed E-state index contributed by atoms with van der Waals surface area (Å²) >= 11 is 2.97. The summed E-state index contributed by atoms with van der Waals surface area (Å²) in [6, 6.07) is -1.13. The van der Waals surface area contributed by atoms with E-state index in [1.165, 1.54) is 0 Å². The molecule has 5 atom stereocenters. The second-order valence-corrected chi connectivity index (χ2v) is 5.57. The molecule has 0 N–H and O–H groups in total. The van der Waals surface area contributed by atoms with Gasteiger partial charge in [-0.2, -0.15) is 26.3 Å². The van der Waals surface area contributed by atoms with Crippen LogP contribution in [0.1, 0.15) is 6.42 Å². The lowest BCUT2D eigenvalue weighted by molar-refractivity contribution is -0.328. The van der Waals surface area contributed by atoms with Gasteiger partial charge >= 0.3 is 12.4 Å². The maximum atomic E-state index is 12.9. The second-order valence-electron chi connectivity index (χ2n) is 4.51. The summed E-state index contributed by atoms with van der Waals surface area (Å²) in [6.07, 6.45) is -10.5. The molecule has 4 bridgehead atoms. The first-order chi connectivity index (χ1) is 7.14. The summed E-state index contributed by atoms with van der Waals surface area (Å²) in [5.41, 5.74) is -3.61. The smallest absolute Gasteiger partial charge is 0.272 e. The molecule has 4 fully saturated rings. The fourth-order valence-electron chi connectivity index (χ4n) is 3.51. The molecular formula is C8H6BrF6N. The van der Waals surface area contributed by atoms with Crippen LogP contribution in [-0.2, 0) is 0 Å². The number of halogens is 7. The Labute approximate surface area is 94.9 Å². The molecule has 1 nitrogen and oxygen atoms in total. The van der Waals surface area contributed by atoms with Gasteiger partial charge in [-0.25, -0.2) is 0 Å². The van der Waals surface area contributed by atoms with Gasteiger partial charge in [0.1, 0.15) is 0 Å². The standard InChI is InChI=1S/C8H6BrF6N/c9-4-2-1-3-5(4)16(3)6(2,7(10,11)12)8(13,14)15/h2-5H,1H2/t2-,3+,4+,5-,16?/m0/s1. The molecule has 1 unspecified atom stereocenters. The third-order valence-electron chi connectivity index (χ3n) is 4.00. The summed E-state index contributed by atoms with van der Waals surface area (Å²) in [5, 5.41) is 0. The third kappa shape index (κ3) is 0.878. The number of hydrogen-bond donors (Lipinski definition) is 0. The lowest BCUT2D eigenvalue weighted by Crippen LogP contribution is -2.63. The molecule has 3 saturated heterocycles. The molecule has 0 aromatic rings. The van der Waals surface area contributed by atoms with Crippen molar-refractivity contribution >= 4 is 15.9 Å². The number of rotatable bonds is 0. The molecule has 0 amide bonds. The van der Waals surface area contributed by atoms with Gasteiger partial charge in [-0.3, -0.25) is 4.90 Å². The van der Waals surface area contributed by atoms with Gasteiger partial charge < -0.3 is 0 Å². The lowest BCUT2D eigenvalue weighted by atomic mass is 9.85. The Morgan fingerprint density at radius 1 is 1.06 bits per heavy atom. The molecule has 4 aliphatic rings. The maximum Gasteiger partial charge on any atom is 0.416 e. The minimum atomic E-state index is -5.26. The van der Waals surface area contributed by atoms with E-state index in [2.05, 4.69) is 15.9 Å². The van der Waals surface area contributed by atoms with Crippen molar-refractivity contribution < 1.29 is 26.3 Å². The van der Waals surface area contributed by atoms with E-state index >= 15 is 0 Å². The van der Waals surface area contributed by atoms with Crippen molar-refractivity contribution in [1.82, 2.24) is 4.90 Å². The van der Waals surface area contributed by atoms with Gasteiger partial charge in [-0.1, -0.05) is 15.9 Å². The number of piperidine rings is 3. The van der Waals surface area contributed by atoms with E-state index in [-0.39, 0.29) is 6.42 Å². The minimum absolute atomic E-state index is 0.0143. The predicted molar refractivity (Wildman–Crippen MR) is 45.1 cm³/mol. The van der Waals surface area contributed by atoms with E-state index in [1.54, 1.807) is 0 Å². The highest BCUT2D eigenvalue weighted by Gasteiger charge is 2.92. The van der Waals surface area contributed by atoms with Crippen molar-refractivity contribution in [3.05, 3.63) is 0 Å². The summed E-state index contributed by atoms with van der Waals surface area (Å²) in [7, 11) is 0. The first-order valence-corrected chi connectivity index (χ1v) is 5.61. The molecule has 8 heteroatoms. The van der Waals surface area contributed by atoms with Gasteiger partial charge in [0.2, 0.25) is 5.54 Å². The van der Waals surface area contributed by atoms with E-state index in [0.717, 1.165) is 0 Å². The van der Waals surface area contributed by atoms with E-state index in [9.17, 15) is 26.3 Å². The monoisotopic (exact) mass is 309 g/mol. The van der Waals surface area contributed by atoms with Crippen LogP contribution in [0.3, 0.4) is 0 Å². The van der Waals surface area contributed by atoms with E-state index < -0.39 is 40.7 Å². The van der Waals surface area contributed by atoms with Gasteiger partial charge in [0.15, 0.2) is 0 Å². The molecule has 3 aliphatic heterocycles. The molecule has 1 aliphatic carbocycles. The molecule has 1 saturated carbocycles. The van der Waals surface area contributed by atoms with Gasteiger partial charge in [-0.15, -0.1) is 0 Å². The lowest BCUT2D eigenvalue weighted by Gasteiger charge is -2.37. The van der Waals surface area contributed by atoms with Crippen LogP contribution in [0.5, 0.6) is 0 Å². The van der Waals surface area contributed by atoms with Gasteiger partial charge in [0.25, 0.3) is 0 Å². The Morgan fingerprint density at radius 3 is 1.69 bits per heavy atom. The van der Waals surface area contributed by atoms with Crippen LogP contribution in [0.25, 0.3) is 0 Å². The SMILES string of the molecule is FC(F)(F)C1(C(F)(F)F)[C@H]2C[C@@H]3[C@@H]([C@@H]2Br)N31. The Balaban J connectivity index is 2.14. The van der Waals surface area contributed by atoms with Gasteiger partial charge in [-0.05, 0) is 6.42 Å². The van der Waals surface area contributed by atoms with Crippen molar-refractivity contribution in [2.24, 2.45) is 5.92 Å². The molecule has 4 rings (SSSR count). The molecule has 0 aromatic heterocycles. The maximum absolute atomic E-state index is 12.9. The predicted octanol–water partition coefficient (Wildman–Crippen LogP) is 2.70. The first-order valence-electron chi connectivity index (χ1n) is 4.70. The van der Waals surface area contributed by atoms with E-state index in [4.69, 9.17) is 0 Å². The minimum Gasteiger partial charge on any atom is -0.272 e. The number of alkyl halides is 7. The van der Waals surface area contributed by atoms with Crippen molar-refractivity contribution in [3.63, 3.8) is 0 Å². The van der Waals surface area contributed by atoms with Crippen LogP contribution in [0.15, 0.2) is 0 Å². The highest BCUT2D eigenvalue weighted by Crippen LogP contribution is 2.73. The summed E-state index contributed by atoms with van der Waals surface area (Å²) < 4.78 is 77.1. The summed E-state index contributed by atoms with van der Waals surface area (Å²) in [6.45, 7) is 0. The largest absolute Gasteiger partial charge is 0.416 e. The normalized spacial score (nSPS) is 48.6. The molecule has 0 radical (unpaired) electrons. The second kappa shape index (κ2) is 2.55. The van der Waals surface area contributed by atoms with Crippen molar-refractivity contribution in [1.29, 1.82) is 0 Å². The Morgan fingerprint density at radius 2 is 1.56 bits per heavy atom. The quantitative estimate of drug-likeness (QED) is 0.378. The fraction of sp³-hybridized carbons (Fsp3) is 1.00. The molecule has 92 valence electrons. The number of nitrogens with zero attached hydrogens (tertiary/aromatic N) is 1. The van der Waals surface area contributed by atoms with Crippen molar-refractivity contribution in [3.8, 4) is 0 Å². The van der Waals surface area contributed by atoms with Crippen LogP contribution >= 0.6 is 15.9 Å². The molecular weight excluding hydrogens is 304 g/mol. The van der Waals surface area contributed by atoms with Crippen LogP contribution in [0.4, 0.5) is 26.3 Å². The van der Waals surface area contributed by atoms with Gasteiger partial charge in [0.05, 0.1) is 0 Å². The highest BCUT2D eigenvalue weighted by atomic mass is 79.9. The molecule has 3 heterocycles. The zero-order valence-corrected chi connectivity index (χ0v) is 9.20. The summed E-state index contributed by atoms with van der Waals surface area (Å²) in [4.78, 5) is -0.0994. The van der Waals surface area contributed by atoms with Gasteiger partial charge in [0, 0.05) is 22.8 Å². The number of hydrogen-bond acceptors (Lipinski definition) is 1. The summed E-state index contributed by atoms with van der Waals surface area (Å²) in [5.74, 6) is -1.40. The van der Waals surface area contributed by atoms with Crippen LogP contribution in [0, 0.1) is 5.92 Å². The fourth-order valence-corrected chi connectivity index (χ4v) is 4.72. The highest BCUT2D eigenvalue weighted by molar-refractivity contribution is 9.09. The van der Waals surface area contributed by atoms with Crippen molar-refractivity contribution in [2.75, 3.05) is 0 Å². The molecule has 0 aromatic carbocycles. The first kappa shape index (κ1) is 11.1. The Bertz CT molecular complexity index is 335.